The van der Waals surface area contributed by atoms with Crippen molar-refractivity contribution >= 4 is 17.1 Å². The van der Waals surface area contributed by atoms with Crippen LogP contribution < -0.4 is 11.4 Å². The zero-order chi connectivity index (χ0) is 15.0. The van der Waals surface area contributed by atoms with Crippen LogP contribution >= 0.6 is 0 Å². The molecule has 3 heterocycles. The zero-order valence-corrected chi connectivity index (χ0v) is 11.3. The molecule has 0 saturated heterocycles. The van der Waals surface area contributed by atoms with E-state index in [4.69, 9.17) is 10.2 Å². The van der Waals surface area contributed by atoms with Crippen molar-refractivity contribution in [2.24, 2.45) is 5.73 Å². The molecule has 3 aromatic rings. The fraction of sp³-hybridized carbons (Fsp3) is 0.231. The first-order chi connectivity index (χ1) is 10.1. The summed E-state index contributed by atoms with van der Waals surface area (Å²) in [6, 6.07) is 3.35. The van der Waals surface area contributed by atoms with Gasteiger partial charge in [0.25, 0.3) is 5.91 Å². The number of aromatic nitrogens is 4. The second-order valence-corrected chi connectivity index (χ2v) is 4.52. The Morgan fingerprint density at radius 3 is 2.90 bits per heavy atom. The van der Waals surface area contributed by atoms with Crippen molar-refractivity contribution in [1.82, 2.24) is 19.5 Å². The molecule has 0 bridgehead atoms. The van der Waals surface area contributed by atoms with Crippen LogP contribution in [0, 0.1) is 0 Å². The Morgan fingerprint density at radius 1 is 1.48 bits per heavy atom. The Labute approximate surface area is 118 Å². The number of hydrogen-bond donors (Lipinski definition) is 2. The van der Waals surface area contributed by atoms with Gasteiger partial charge in [-0.2, -0.15) is 0 Å². The van der Waals surface area contributed by atoms with E-state index in [2.05, 4.69) is 15.0 Å². The van der Waals surface area contributed by atoms with Crippen molar-refractivity contribution in [3.05, 3.63) is 34.6 Å². The van der Waals surface area contributed by atoms with Gasteiger partial charge < -0.3 is 15.1 Å². The molecule has 0 aliphatic heterocycles. The molecule has 0 unspecified atom stereocenters. The molecule has 0 atom stereocenters. The van der Waals surface area contributed by atoms with Gasteiger partial charge in [-0.1, -0.05) is 6.92 Å². The second-order valence-electron chi connectivity index (χ2n) is 4.52. The summed E-state index contributed by atoms with van der Waals surface area (Å²) in [5.74, 6) is -0.124. The van der Waals surface area contributed by atoms with E-state index in [9.17, 15) is 9.59 Å². The first-order valence-electron chi connectivity index (χ1n) is 6.46. The molecule has 0 aliphatic rings. The predicted molar refractivity (Wildman–Crippen MR) is 74.7 cm³/mol. The minimum absolute atomic E-state index is 0.0293. The van der Waals surface area contributed by atoms with Crippen molar-refractivity contribution in [1.29, 1.82) is 0 Å². The van der Waals surface area contributed by atoms with Crippen molar-refractivity contribution < 1.29 is 9.21 Å². The summed E-state index contributed by atoms with van der Waals surface area (Å²) < 4.78 is 6.69. The van der Waals surface area contributed by atoms with Gasteiger partial charge in [0.05, 0.1) is 6.26 Å². The average molecular weight is 287 g/mol. The van der Waals surface area contributed by atoms with Gasteiger partial charge in [0, 0.05) is 6.54 Å². The maximum Gasteiger partial charge on any atom is 0.327 e. The molecule has 0 aromatic carbocycles. The monoisotopic (exact) mass is 287 g/mol. The number of aryl methyl sites for hydroxylation is 1. The van der Waals surface area contributed by atoms with E-state index in [1.54, 1.807) is 12.1 Å². The highest BCUT2D eigenvalue weighted by molar-refractivity contribution is 6.01. The highest BCUT2D eigenvalue weighted by Gasteiger charge is 2.19. The number of amides is 1. The Hall–Kier alpha value is -2.90. The molecule has 8 heteroatoms. The lowest BCUT2D eigenvalue weighted by molar-refractivity contribution is 0.0997. The van der Waals surface area contributed by atoms with Crippen LogP contribution in [0.15, 0.2) is 27.6 Å². The van der Waals surface area contributed by atoms with E-state index >= 15 is 0 Å². The molecule has 0 saturated carbocycles. The van der Waals surface area contributed by atoms with Crippen LogP contribution in [0.25, 0.3) is 22.7 Å². The molecular formula is C13H13N5O3. The number of rotatable bonds is 4. The number of furan rings is 1. The number of nitrogens with zero attached hydrogens (tertiary/aromatic N) is 3. The van der Waals surface area contributed by atoms with Crippen molar-refractivity contribution in [2.75, 3.05) is 0 Å². The zero-order valence-electron chi connectivity index (χ0n) is 11.3. The lowest BCUT2D eigenvalue weighted by Gasteiger charge is -2.03. The topological polar surface area (TPSA) is 120 Å². The summed E-state index contributed by atoms with van der Waals surface area (Å²) in [6.45, 7) is 2.42. The van der Waals surface area contributed by atoms with Gasteiger partial charge in [-0.3, -0.25) is 9.36 Å². The fourth-order valence-electron chi connectivity index (χ4n) is 2.16. The molecule has 3 aromatic heterocycles. The van der Waals surface area contributed by atoms with Crippen LogP contribution in [-0.2, 0) is 6.54 Å². The van der Waals surface area contributed by atoms with Crippen LogP contribution in [0.3, 0.4) is 0 Å². The normalized spacial score (nSPS) is 11.1. The van der Waals surface area contributed by atoms with Crippen LogP contribution in [0.1, 0.15) is 23.8 Å². The smallest absolute Gasteiger partial charge is 0.327 e. The molecule has 8 nitrogen and oxygen atoms in total. The number of H-pyrrole nitrogens is 1. The third-order valence-corrected chi connectivity index (χ3v) is 3.04. The van der Waals surface area contributed by atoms with Crippen LogP contribution in [0.5, 0.6) is 0 Å². The highest BCUT2D eigenvalue weighted by Crippen LogP contribution is 2.20. The lowest BCUT2D eigenvalue weighted by atomic mass is 10.3. The summed E-state index contributed by atoms with van der Waals surface area (Å²) >= 11 is 0. The van der Waals surface area contributed by atoms with Gasteiger partial charge in [0.2, 0.25) is 0 Å². The van der Waals surface area contributed by atoms with Gasteiger partial charge in [-0.25, -0.2) is 14.8 Å². The number of aromatic amines is 1. The SMILES string of the molecule is CCCn1c(=O)[nH]c2c(C(N)=O)nc(-c3ccco3)nc21. The van der Waals surface area contributed by atoms with Crippen molar-refractivity contribution in [3.8, 4) is 11.6 Å². The second kappa shape index (κ2) is 4.89. The number of nitrogens with one attached hydrogen (secondary N) is 1. The number of nitrogens with two attached hydrogens (primary N) is 1. The Balaban J connectivity index is 2.35. The molecule has 0 aliphatic carbocycles. The summed E-state index contributed by atoms with van der Waals surface area (Å²) in [6.07, 6.45) is 2.22. The van der Waals surface area contributed by atoms with E-state index in [-0.39, 0.29) is 22.7 Å². The first-order valence-corrected chi connectivity index (χ1v) is 6.46. The first kappa shape index (κ1) is 13.1. The van der Waals surface area contributed by atoms with Crippen LogP contribution in [0.4, 0.5) is 0 Å². The average Bonchev–Trinajstić information content (AvgIpc) is 3.07. The van der Waals surface area contributed by atoms with Gasteiger partial charge >= 0.3 is 5.69 Å². The van der Waals surface area contributed by atoms with Gasteiger partial charge in [-0.05, 0) is 18.6 Å². The number of carbonyl (C=O) groups is 1. The third-order valence-electron chi connectivity index (χ3n) is 3.04. The van der Waals surface area contributed by atoms with Gasteiger partial charge in [0.15, 0.2) is 22.9 Å². The van der Waals surface area contributed by atoms with E-state index in [0.29, 0.717) is 18.0 Å². The van der Waals surface area contributed by atoms with Crippen molar-refractivity contribution in [3.63, 3.8) is 0 Å². The summed E-state index contributed by atoms with van der Waals surface area (Å²) in [4.78, 5) is 34.5. The number of primary amides is 1. The molecule has 3 rings (SSSR count). The van der Waals surface area contributed by atoms with E-state index in [1.807, 2.05) is 6.92 Å². The van der Waals surface area contributed by atoms with E-state index in [1.165, 1.54) is 10.8 Å². The molecule has 0 spiro atoms. The minimum atomic E-state index is -0.736. The van der Waals surface area contributed by atoms with E-state index < -0.39 is 5.91 Å². The molecule has 21 heavy (non-hydrogen) atoms. The third kappa shape index (κ3) is 2.10. The summed E-state index contributed by atoms with van der Waals surface area (Å²) in [5, 5.41) is 0. The van der Waals surface area contributed by atoms with Crippen LogP contribution in [0.2, 0.25) is 0 Å². The maximum atomic E-state index is 12.0. The summed E-state index contributed by atoms with van der Waals surface area (Å²) in [5.41, 5.74) is 5.56. The standard InChI is InChI=1S/C13H13N5O3/c1-2-5-18-12-9(16-13(18)20)8(10(14)19)15-11(17-12)7-4-3-6-21-7/h3-4,6H,2,5H2,1H3,(H2,14,19)(H,16,20). The van der Waals surface area contributed by atoms with Gasteiger partial charge in [-0.15, -0.1) is 0 Å². The predicted octanol–water partition coefficient (Wildman–Crippen LogP) is 0.888. The molecule has 3 N–H and O–H groups in total. The number of carbonyl (C=O) groups excluding carboxylic acids is 1. The highest BCUT2D eigenvalue weighted by atomic mass is 16.3. The Kier molecular flexibility index (Phi) is 3.05. The van der Waals surface area contributed by atoms with Crippen molar-refractivity contribution in [2.45, 2.75) is 19.9 Å². The number of hydrogen-bond acceptors (Lipinski definition) is 5. The van der Waals surface area contributed by atoms with E-state index in [0.717, 1.165) is 6.42 Å². The number of imidazole rings is 1. The Bertz CT molecular complexity index is 860. The largest absolute Gasteiger partial charge is 0.461 e. The maximum absolute atomic E-state index is 12.0. The molecule has 108 valence electrons. The molecule has 0 fully saturated rings. The molecular weight excluding hydrogens is 274 g/mol. The van der Waals surface area contributed by atoms with Gasteiger partial charge in [0.1, 0.15) is 5.52 Å². The quantitative estimate of drug-likeness (QED) is 0.738. The minimum Gasteiger partial charge on any atom is -0.461 e. The number of fused-ring (bicyclic) bond motifs is 1. The lowest BCUT2D eigenvalue weighted by Crippen LogP contribution is -2.16. The summed E-state index contributed by atoms with van der Waals surface area (Å²) in [7, 11) is 0. The Morgan fingerprint density at radius 2 is 2.29 bits per heavy atom. The van der Waals surface area contributed by atoms with Crippen LogP contribution in [-0.4, -0.2) is 25.4 Å². The molecule has 1 amide bonds. The molecule has 0 radical (unpaired) electrons. The fourth-order valence-corrected chi connectivity index (χ4v) is 2.16.